The van der Waals surface area contributed by atoms with E-state index in [2.05, 4.69) is 17.1 Å². The van der Waals surface area contributed by atoms with Crippen molar-refractivity contribution in [1.82, 2.24) is 10.2 Å². The fraction of sp³-hybridized carbons (Fsp3) is 1.00. The molecule has 0 amide bonds. The van der Waals surface area contributed by atoms with Gasteiger partial charge in [-0.2, -0.15) is 0 Å². The molecule has 4 heteroatoms. The van der Waals surface area contributed by atoms with Crippen LogP contribution in [0, 0.1) is 0 Å². The summed E-state index contributed by atoms with van der Waals surface area (Å²) in [5.41, 5.74) is 0. The van der Waals surface area contributed by atoms with Crippen LogP contribution < -0.4 is 5.32 Å². The second kappa shape index (κ2) is 6.14. The number of nitrogens with zero attached hydrogens (tertiary/aromatic N) is 1. The molecular formula is C13H26N2O2. The predicted octanol–water partition coefficient (Wildman–Crippen LogP) is 0.863. The third-order valence-electron chi connectivity index (χ3n) is 3.96. The summed E-state index contributed by atoms with van der Waals surface area (Å²) >= 11 is 0. The van der Waals surface area contributed by atoms with Crippen LogP contribution in [-0.4, -0.2) is 63.0 Å². The number of hydrogen-bond acceptors (Lipinski definition) is 4. The molecule has 2 aliphatic rings. The first-order valence-corrected chi connectivity index (χ1v) is 6.75. The van der Waals surface area contributed by atoms with Gasteiger partial charge < -0.3 is 14.8 Å². The van der Waals surface area contributed by atoms with E-state index in [0.29, 0.717) is 12.6 Å². The minimum absolute atomic E-state index is 0.172. The molecule has 0 aromatic carbocycles. The van der Waals surface area contributed by atoms with E-state index in [9.17, 15) is 0 Å². The van der Waals surface area contributed by atoms with Crippen LogP contribution in [0.5, 0.6) is 0 Å². The first-order chi connectivity index (χ1) is 8.24. The standard InChI is InChI=1S/C13H26N2O2/c1-10-6-11(8-15(10)12-4-5-12)14-7-13(17-3)9-16-2/h10-14H,4-9H2,1-3H3. The molecule has 0 aromatic heterocycles. The van der Waals surface area contributed by atoms with Gasteiger partial charge in [0.25, 0.3) is 0 Å². The Kier molecular flexibility index (Phi) is 4.79. The van der Waals surface area contributed by atoms with Gasteiger partial charge in [0, 0.05) is 45.4 Å². The molecule has 2 fully saturated rings. The summed E-state index contributed by atoms with van der Waals surface area (Å²) < 4.78 is 10.5. The summed E-state index contributed by atoms with van der Waals surface area (Å²) in [6.07, 6.45) is 4.24. The van der Waals surface area contributed by atoms with Gasteiger partial charge in [0.2, 0.25) is 0 Å². The Morgan fingerprint density at radius 1 is 1.35 bits per heavy atom. The topological polar surface area (TPSA) is 33.7 Å². The Labute approximate surface area is 105 Å². The minimum Gasteiger partial charge on any atom is -0.382 e. The lowest BCUT2D eigenvalue weighted by molar-refractivity contribution is 0.0275. The van der Waals surface area contributed by atoms with Crippen LogP contribution in [0.1, 0.15) is 26.2 Å². The third-order valence-corrected chi connectivity index (χ3v) is 3.96. The Bertz CT molecular complexity index is 233. The lowest BCUT2D eigenvalue weighted by Gasteiger charge is -2.20. The fourth-order valence-corrected chi connectivity index (χ4v) is 2.81. The zero-order valence-electron chi connectivity index (χ0n) is 11.3. The molecule has 0 spiro atoms. The number of ether oxygens (including phenoxy) is 2. The van der Waals surface area contributed by atoms with E-state index in [1.165, 1.54) is 25.8 Å². The van der Waals surface area contributed by atoms with Crippen LogP contribution in [0.25, 0.3) is 0 Å². The average Bonchev–Trinajstić information content (AvgIpc) is 3.09. The summed E-state index contributed by atoms with van der Waals surface area (Å²) in [6.45, 7) is 5.11. The number of rotatable bonds is 7. The highest BCUT2D eigenvalue weighted by atomic mass is 16.5. The highest BCUT2D eigenvalue weighted by Crippen LogP contribution is 2.33. The highest BCUT2D eigenvalue weighted by Gasteiger charge is 2.38. The predicted molar refractivity (Wildman–Crippen MR) is 68.3 cm³/mol. The van der Waals surface area contributed by atoms with E-state index < -0.39 is 0 Å². The van der Waals surface area contributed by atoms with Gasteiger partial charge in [0.05, 0.1) is 12.7 Å². The van der Waals surface area contributed by atoms with Crippen molar-refractivity contribution in [3.05, 3.63) is 0 Å². The fourth-order valence-electron chi connectivity index (χ4n) is 2.81. The van der Waals surface area contributed by atoms with E-state index in [0.717, 1.165) is 18.6 Å². The van der Waals surface area contributed by atoms with E-state index in [4.69, 9.17) is 9.47 Å². The summed E-state index contributed by atoms with van der Waals surface area (Å²) in [4.78, 5) is 2.66. The monoisotopic (exact) mass is 242 g/mol. The lowest BCUT2D eigenvalue weighted by Crippen LogP contribution is -2.40. The molecule has 1 N–H and O–H groups in total. The molecule has 0 aromatic rings. The van der Waals surface area contributed by atoms with Gasteiger partial charge in [0.1, 0.15) is 0 Å². The molecule has 1 saturated carbocycles. The van der Waals surface area contributed by atoms with Crippen molar-refractivity contribution in [1.29, 1.82) is 0 Å². The summed E-state index contributed by atoms with van der Waals surface area (Å²) in [6, 6.07) is 2.25. The van der Waals surface area contributed by atoms with Gasteiger partial charge in [-0.1, -0.05) is 0 Å². The van der Waals surface area contributed by atoms with Crippen LogP contribution in [0.4, 0.5) is 0 Å². The van der Waals surface area contributed by atoms with E-state index in [-0.39, 0.29) is 6.10 Å². The number of methoxy groups -OCH3 is 2. The van der Waals surface area contributed by atoms with Crippen molar-refractivity contribution < 1.29 is 9.47 Å². The first kappa shape index (κ1) is 13.3. The Hall–Kier alpha value is -0.160. The van der Waals surface area contributed by atoms with Gasteiger partial charge in [-0.15, -0.1) is 0 Å². The molecule has 0 bridgehead atoms. The second-order valence-corrected chi connectivity index (χ2v) is 5.43. The maximum absolute atomic E-state index is 5.36. The van der Waals surface area contributed by atoms with Crippen LogP contribution >= 0.6 is 0 Å². The first-order valence-electron chi connectivity index (χ1n) is 6.75. The molecular weight excluding hydrogens is 216 g/mol. The average molecular weight is 242 g/mol. The summed E-state index contributed by atoms with van der Waals surface area (Å²) in [5, 5.41) is 3.61. The summed E-state index contributed by atoms with van der Waals surface area (Å²) in [5.74, 6) is 0. The molecule has 0 radical (unpaired) electrons. The molecule has 17 heavy (non-hydrogen) atoms. The van der Waals surface area contributed by atoms with Crippen molar-refractivity contribution in [2.24, 2.45) is 0 Å². The second-order valence-electron chi connectivity index (χ2n) is 5.43. The van der Waals surface area contributed by atoms with Gasteiger partial charge in [-0.25, -0.2) is 0 Å². The van der Waals surface area contributed by atoms with Crippen molar-refractivity contribution >= 4 is 0 Å². The van der Waals surface area contributed by atoms with Gasteiger partial charge >= 0.3 is 0 Å². The SMILES string of the molecule is COCC(CNC1CC(C)N(C2CC2)C1)OC. The summed E-state index contributed by atoms with van der Waals surface area (Å²) in [7, 11) is 3.47. The number of hydrogen-bond donors (Lipinski definition) is 1. The largest absolute Gasteiger partial charge is 0.382 e. The van der Waals surface area contributed by atoms with Crippen LogP contribution in [-0.2, 0) is 9.47 Å². The molecule has 4 nitrogen and oxygen atoms in total. The number of nitrogens with one attached hydrogen (secondary N) is 1. The van der Waals surface area contributed by atoms with Crippen molar-refractivity contribution in [3.8, 4) is 0 Å². The smallest absolute Gasteiger partial charge is 0.0928 e. The molecule has 1 aliphatic heterocycles. The van der Waals surface area contributed by atoms with Crippen LogP contribution in [0.3, 0.4) is 0 Å². The maximum Gasteiger partial charge on any atom is 0.0928 e. The molecule has 2 rings (SSSR count). The van der Waals surface area contributed by atoms with Gasteiger partial charge in [0.15, 0.2) is 0 Å². The molecule has 1 heterocycles. The van der Waals surface area contributed by atoms with Gasteiger partial charge in [-0.3, -0.25) is 4.90 Å². The third kappa shape index (κ3) is 3.65. The molecule has 1 aliphatic carbocycles. The Morgan fingerprint density at radius 2 is 2.12 bits per heavy atom. The zero-order chi connectivity index (χ0) is 12.3. The molecule has 1 saturated heterocycles. The van der Waals surface area contributed by atoms with Crippen molar-refractivity contribution in [2.75, 3.05) is 33.9 Å². The van der Waals surface area contributed by atoms with Crippen LogP contribution in [0.2, 0.25) is 0 Å². The lowest BCUT2D eigenvalue weighted by atomic mass is 10.2. The highest BCUT2D eigenvalue weighted by molar-refractivity contribution is 4.96. The molecule has 3 unspecified atom stereocenters. The van der Waals surface area contributed by atoms with Crippen molar-refractivity contribution in [2.45, 2.75) is 50.4 Å². The Balaban J connectivity index is 1.69. The zero-order valence-corrected chi connectivity index (χ0v) is 11.3. The van der Waals surface area contributed by atoms with Crippen LogP contribution in [0.15, 0.2) is 0 Å². The van der Waals surface area contributed by atoms with E-state index >= 15 is 0 Å². The quantitative estimate of drug-likeness (QED) is 0.718. The number of likely N-dealkylation sites (tertiary alicyclic amines) is 1. The minimum atomic E-state index is 0.172. The van der Waals surface area contributed by atoms with E-state index in [1.807, 2.05) is 0 Å². The molecule has 100 valence electrons. The normalized spacial score (nSPS) is 31.9. The van der Waals surface area contributed by atoms with Crippen molar-refractivity contribution in [3.63, 3.8) is 0 Å². The maximum atomic E-state index is 5.36. The van der Waals surface area contributed by atoms with E-state index in [1.54, 1.807) is 14.2 Å². The molecule has 3 atom stereocenters. The van der Waals surface area contributed by atoms with Gasteiger partial charge in [-0.05, 0) is 26.2 Å². The Morgan fingerprint density at radius 3 is 2.71 bits per heavy atom.